The largest absolute Gasteiger partial charge is 0.370 e. The Morgan fingerprint density at radius 2 is 1.81 bits per heavy atom. The first-order valence-corrected chi connectivity index (χ1v) is 8.35. The van der Waals surface area contributed by atoms with E-state index in [2.05, 4.69) is 55.2 Å². The average Bonchev–Trinajstić information content (AvgIpc) is 2.44. The topological polar surface area (TPSA) is 18.5 Å². The summed E-state index contributed by atoms with van der Waals surface area (Å²) in [5.41, 5.74) is 2.61. The minimum Gasteiger partial charge on any atom is -0.370 e. The molecule has 0 fully saturated rings. The standard InChI is InChI=1S/C17H30ClN3/c1-5-9-19-14-15-13-16(18)7-8-17(15)21(10-6-2)12-11-20(3)4/h7-8,13,19H,5-6,9-12,14H2,1-4H3. The molecule has 1 aromatic carbocycles. The fraction of sp³-hybridized carbons (Fsp3) is 0.647. The van der Waals surface area contributed by atoms with E-state index in [4.69, 9.17) is 11.6 Å². The molecule has 0 aliphatic carbocycles. The quantitative estimate of drug-likeness (QED) is 0.666. The maximum absolute atomic E-state index is 6.18. The molecule has 1 aromatic rings. The molecule has 0 saturated heterocycles. The van der Waals surface area contributed by atoms with Crippen molar-refractivity contribution in [2.24, 2.45) is 0 Å². The summed E-state index contributed by atoms with van der Waals surface area (Å²) in [6.45, 7) is 9.52. The summed E-state index contributed by atoms with van der Waals surface area (Å²) in [6.07, 6.45) is 2.30. The van der Waals surface area contributed by atoms with Crippen molar-refractivity contribution in [3.63, 3.8) is 0 Å². The lowest BCUT2D eigenvalue weighted by Crippen LogP contribution is -2.33. The van der Waals surface area contributed by atoms with Gasteiger partial charge in [0.1, 0.15) is 0 Å². The Balaban J connectivity index is 2.88. The molecule has 21 heavy (non-hydrogen) atoms. The molecular weight excluding hydrogens is 282 g/mol. The fourth-order valence-corrected chi connectivity index (χ4v) is 2.54. The van der Waals surface area contributed by atoms with E-state index in [0.29, 0.717) is 0 Å². The highest BCUT2D eigenvalue weighted by Gasteiger charge is 2.11. The van der Waals surface area contributed by atoms with E-state index in [9.17, 15) is 0 Å². The fourth-order valence-electron chi connectivity index (χ4n) is 2.35. The third kappa shape index (κ3) is 6.68. The summed E-state index contributed by atoms with van der Waals surface area (Å²) in [4.78, 5) is 4.70. The molecule has 1 N–H and O–H groups in total. The first-order valence-electron chi connectivity index (χ1n) is 7.97. The molecule has 0 aliphatic rings. The van der Waals surface area contributed by atoms with Crippen LogP contribution in [0, 0.1) is 0 Å². The Labute approximate surface area is 135 Å². The summed E-state index contributed by atoms with van der Waals surface area (Å²) in [6, 6.07) is 6.26. The van der Waals surface area contributed by atoms with E-state index >= 15 is 0 Å². The van der Waals surface area contributed by atoms with Crippen molar-refractivity contribution in [3.05, 3.63) is 28.8 Å². The second-order valence-corrected chi connectivity index (χ2v) is 6.18. The Hall–Kier alpha value is -0.770. The maximum Gasteiger partial charge on any atom is 0.0413 e. The third-order valence-electron chi connectivity index (χ3n) is 3.44. The Morgan fingerprint density at radius 3 is 2.43 bits per heavy atom. The number of hydrogen-bond donors (Lipinski definition) is 1. The van der Waals surface area contributed by atoms with Gasteiger partial charge in [-0.3, -0.25) is 0 Å². The minimum absolute atomic E-state index is 0.816. The van der Waals surface area contributed by atoms with Gasteiger partial charge in [-0.25, -0.2) is 0 Å². The summed E-state index contributed by atoms with van der Waals surface area (Å²) >= 11 is 6.18. The van der Waals surface area contributed by atoms with Crippen molar-refractivity contribution in [1.29, 1.82) is 0 Å². The highest BCUT2D eigenvalue weighted by atomic mass is 35.5. The van der Waals surface area contributed by atoms with Crippen molar-refractivity contribution >= 4 is 17.3 Å². The second-order valence-electron chi connectivity index (χ2n) is 5.74. The molecule has 0 aromatic heterocycles. The van der Waals surface area contributed by atoms with Gasteiger partial charge in [0.15, 0.2) is 0 Å². The van der Waals surface area contributed by atoms with Gasteiger partial charge in [-0.2, -0.15) is 0 Å². The van der Waals surface area contributed by atoms with Gasteiger partial charge in [0.25, 0.3) is 0 Å². The van der Waals surface area contributed by atoms with Gasteiger partial charge in [-0.15, -0.1) is 0 Å². The Bertz CT molecular complexity index is 407. The van der Waals surface area contributed by atoms with E-state index in [1.54, 1.807) is 0 Å². The summed E-state index contributed by atoms with van der Waals surface area (Å²) in [5, 5.41) is 4.30. The second kappa shape index (κ2) is 10.0. The maximum atomic E-state index is 6.18. The predicted octanol–water partition coefficient (Wildman–Crippen LogP) is 3.62. The van der Waals surface area contributed by atoms with Gasteiger partial charge < -0.3 is 15.1 Å². The average molecular weight is 312 g/mol. The molecular formula is C17H30ClN3. The Kier molecular flexibility index (Phi) is 8.74. The number of halogens is 1. The first-order chi connectivity index (χ1) is 10.1. The van der Waals surface area contributed by atoms with Gasteiger partial charge in [0, 0.05) is 36.9 Å². The molecule has 0 spiro atoms. The zero-order chi connectivity index (χ0) is 15.7. The number of anilines is 1. The lowest BCUT2D eigenvalue weighted by atomic mass is 10.1. The lowest BCUT2D eigenvalue weighted by Gasteiger charge is -2.28. The highest BCUT2D eigenvalue weighted by molar-refractivity contribution is 6.30. The van der Waals surface area contributed by atoms with Crippen LogP contribution in [0.15, 0.2) is 18.2 Å². The smallest absolute Gasteiger partial charge is 0.0413 e. The number of benzene rings is 1. The molecule has 4 heteroatoms. The Morgan fingerprint density at radius 1 is 1.05 bits per heavy atom. The SMILES string of the molecule is CCCNCc1cc(Cl)ccc1N(CCC)CCN(C)C. The van der Waals surface area contributed by atoms with Crippen molar-refractivity contribution in [1.82, 2.24) is 10.2 Å². The van der Waals surface area contributed by atoms with Crippen LogP contribution in [-0.2, 0) is 6.54 Å². The van der Waals surface area contributed by atoms with E-state index in [1.165, 1.54) is 11.3 Å². The van der Waals surface area contributed by atoms with Gasteiger partial charge in [-0.05, 0) is 57.2 Å². The number of nitrogens with one attached hydrogen (secondary N) is 1. The monoisotopic (exact) mass is 311 g/mol. The molecule has 0 radical (unpaired) electrons. The molecule has 3 nitrogen and oxygen atoms in total. The van der Waals surface area contributed by atoms with Crippen molar-refractivity contribution in [2.75, 3.05) is 45.2 Å². The highest BCUT2D eigenvalue weighted by Crippen LogP contribution is 2.24. The van der Waals surface area contributed by atoms with Crippen molar-refractivity contribution in [2.45, 2.75) is 33.2 Å². The number of nitrogens with zero attached hydrogens (tertiary/aromatic N) is 2. The van der Waals surface area contributed by atoms with Crippen molar-refractivity contribution < 1.29 is 0 Å². The molecule has 0 saturated carbocycles. The lowest BCUT2D eigenvalue weighted by molar-refractivity contribution is 0.412. The van der Waals surface area contributed by atoms with E-state index in [0.717, 1.165) is 50.6 Å². The van der Waals surface area contributed by atoms with Crippen LogP contribution in [0.1, 0.15) is 32.3 Å². The molecule has 0 bridgehead atoms. The number of rotatable bonds is 10. The molecule has 120 valence electrons. The summed E-state index contributed by atoms with van der Waals surface area (Å²) < 4.78 is 0. The summed E-state index contributed by atoms with van der Waals surface area (Å²) in [5.74, 6) is 0. The van der Waals surface area contributed by atoms with E-state index in [-0.39, 0.29) is 0 Å². The van der Waals surface area contributed by atoms with Crippen LogP contribution in [0.4, 0.5) is 5.69 Å². The van der Waals surface area contributed by atoms with Gasteiger partial charge in [0.05, 0.1) is 0 Å². The van der Waals surface area contributed by atoms with Crippen LogP contribution in [0.5, 0.6) is 0 Å². The molecule has 0 aliphatic heterocycles. The molecule has 0 heterocycles. The van der Waals surface area contributed by atoms with Crippen LogP contribution in [0.2, 0.25) is 5.02 Å². The molecule has 0 amide bonds. The molecule has 0 atom stereocenters. The van der Waals surface area contributed by atoms with Gasteiger partial charge >= 0.3 is 0 Å². The van der Waals surface area contributed by atoms with Gasteiger partial charge in [0.2, 0.25) is 0 Å². The van der Waals surface area contributed by atoms with Crippen molar-refractivity contribution in [3.8, 4) is 0 Å². The van der Waals surface area contributed by atoms with Crippen LogP contribution >= 0.6 is 11.6 Å². The zero-order valence-electron chi connectivity index (χ0n) is 14.0. The van der Waals surface area contributed by atoms with Gasteiger partial charge in [-0.1, -0.05) is 25.4 Å². The number of likely N-dealkylation sites (N-methyl/N-ethyl adjacent to an activating group) is 1. The zero-order valence-corrected chi connectivity index (χ0v) is 14.7. The minimum atomic E-state index is 0.816. The molecule has 1 rings (SSSR count). The normalized spacial score (nSPS) is 11.1. The van der Waals surface area contributed by atoms with E-state index in [1.807, 2.05) is 6.07 Å². The third-order valence-corrected chi connectivity index (χ3v) is 3.67. The number of hydrogen-bond acceptors (Lipinski definition) is 3. The van der Waals surface area contributed by atoms with Crippen LogP contribution < -0.4 is 10.2 Å². The first kappa shape index (κ1) is 18.3. The molecule has 0 unspecified atom stereocenters. The van der Waals surface area contributed by atoms with Crippen LogP contribution in [-0.4, -0.2) is 45.2 Å². The predicted molar refractivity (Wildman–Crippen MR) is 94.5 cm³/mol. The van der Waals surface area contributed by atoms with Crippen LogP contribution in [0.3, 0.4) is 0 Å². The summed E-state index contributed by atoms with van der Waals surface area (Å²) in [7, 11) is 4.24. The van der Waals surface area contributed by atoms with Crippen LogP contribution in [0.25, 0.3) is 0 Å². The van der Waals surface area contributed by atoms with E-state index < -0.39 is 0 Å².